The number of esters is 1. The van der Waals surface area contributed by atoms with Gasteiger partial charge in [-0.3, -0.25) is 13.6 Å². The molecule has 1 aliphatic rings. The average Bonchev–Trinajstić information content (AvgIpc) is 3.70. The molecule has 1 fully saturated rings. The van der Waals surface area contributed by atoms with E-state index in [4.69, 9.17) is 40.9 Å². The second kappa shape index (κ2) is 19.8. The number of ether oxygens (including phenoxy) is 2. The van der Waals surface area contributed by atoms with Crippen molar-refractivity contribution >= 4 is 36.7 Å². The zero-order chi connectivity index (χ0) is 37.6. The summed E-state index contributed by atoms with van der Waals surface area (Å²) in [6, 6.07) is 7.52. The maximum Gasteiger partial charge on any atom is 0.533 e. The fourth-order valence-corrected chi connectivity index (χ4v) is 6.84. The van der Waals surface area contributed by atoms with Gasteiger partial charge in [-0.15, -0.1) is 6.42 Å². The number of carbonyl (C=O) groups excluding carboxylic acids is 2. The van der Waals surface area contributed by atoms with E-state index in [1.54, 1.807) is 30.3 Å². The second-order valence-electron chi connectivity index (χ2n) is 12.7. The topological polar surface area (TPSA) is 213 Å². The van der Waals surface area contributed by atoms with E-state index in [1.807, 2.05) is 0 Å². The van der Waals surface area contributed by atoms with Gasteiger partial charge >= 0.3 is 25.8 Å². The molecule has 0 radical (unpaired) electrons. The number of benzene rings is 1. The van der Waals surface area contributed by atoms with E-state index in [2.05, 4.69) is 27.8 Å². The molecule has 3 aromatic rings. The van der Waals surface area contributed by atoms with Gasteiger partial charge in [0.2, 0.25) is 0 Å². The number of imidazole rings is 1. The van der Waals surface area contributed by atoms with Crippen LogP contribution in [0.1, 0.15) is 89.3 Å². The molecule has 1 unspecified atom stereocenters. The fourth-order valence-electron chi connectivity index (χ4n) is 5.69. The molecule has 1 aromatic carbocycles. The average molecular weight is 747 g/mol. The van der Waals surface area contributed by atoms with Gasteiger partial charge in [-0.05, 0) is 18.4 Å². The predicted octanol–water partition coefficient (Wildman–Crippen LogP) is 4.92. The van der Waals surface area contributed by atoms with Crippen LogP contribution < -0.4 is 11.5 Å². The maximum absolute atomic E-state index is 14.0. The van der Waals surface area contributed by atoms with Gasteiger partial charge in [-0.1, -0.05) is 101 Å². The molecule has 1 saturated heterocycles. The van der Waals surface area contributed by atoms with Crippen LogP contribution in [0.4, 0.5) is 10.2 Å². The van der Waals surface area contributed by atoms with E-state index >= 15 is 0 Å². The van der Waals surface area contributed by atoms with Crippen molar-refractivity contribution in [2.45, 2.75) is 108 Å². The van der Waals surface area contributed by atoms with Gasteiger partial charge in [0.25, 0.3) is 0 Å². The van der Waals surface area contributed by atoms with Gasteiger partial charge in [0.1, 0.15) is 25.0 Å². The summed E-state index contributed by atoms with van der Waals surface area (Å²) >= 11 is 0. The van der Waals surface area contributed by atoms with Gasteiger partial charge < -0.3 is 30.6 Å². The number of nitrogens with two attached hydrogens (primary N) is 2. The summed E-state index contributed by atoms with van der Waals surface area (Å²) in [5.74, 6) is 0.0846. The smallest absolute Gasteiger partial charge is 0.464 e. The van der Waals surface area contributed by atoms with Crippen LogP contribution in [0.15, 0.2) is 36.7 Å². The molecule has 1 aliphatic heterocycles. The van der Waals surface area contributed by atoms with Crippen LogP contribution in [0.2, 0.25) is 0 Å². The van der Waals surface area contributed by atoms with Gasteiger partial charge in [0.15, 0.2) is 29.2 Å². The zero-order valence-electron chi connectivity index (χ0n) is 29.4. The normalized spacial score (nSPS) is 20.3. The molecular formula is C35H48FN6O9P. The number of carbonyl (C=O) groups is 2. The Bertz CT molecular complexity index is 1710. The highest BCUT2D eigenvalue weighted by molar-refractivity contribution is 7.49. The highest BCUT2D eigenvalue weighted by atomic mass is 31.2. The summed E-state index contributed by atoms with van der Waals surface area (Å²) in [5.41, 5.74) is 10.6. The number of aliphatic hydroxyl groups excluding tert-OH is 1. The van der Waals surface area contributed by atoms with Crippen LogP contribution in [0.3, 0.4) is 0 Å². The Hall–Kier alpha value is -3.97. The summed E-state index contributed by atoms with van der Waals surface area (Å²) in [6.45, 7) is 0.597. The van der Waals surface area contributed by atoms with Crippen molar-refractivity contribution in [3.63, 3.8) is 0 Å². The van der Waals surface area contributed by atoms with Crippen LogP contribution >= 0.6 is 7.82 Å². The lowest BCUT2D eigenvalue weighted by Gasteiger charge is -2.28. The third-order valence-corrected chi connectivity index (χ3v) is 9.92. The number of hydrogen-bond donors (Lipinski definition) is 3. The minimum absolute atomic E-state index is 0.0254. The molecule has 0 spiro atoms. The van der Waals surface area contributed by atoms with Crippen molar-refractivity contribution in [1.82, 2.24) is 19.5 Å². The Morgan fingerprint density at radius 3 is 2.46 bits per heavy atom. The highest BCUT2D eigenvalue weighted by Gasteiger charge is 2.51. The van der Waals surface area contributed by atoms with Crippen LogP contribution in [0, 0.1) is 18.4 Å². The summed E-state index contributed by atoms with van der Waals surface area (Å²) in [5, 5.41) is 11.0. The minimum atomic E-state index is -4.95. The summed E-state index contributed by atoms with van der Waals surface area (Å²) in [4.78, 5) is 36.8. The van der Waals surface area contributed by atoms with Gasteiger partial charge in [-0.25, -0.2) is 19.1 Å². The number of rotatable bonds is 22. The number of phosphoric acid groups is 1. The predicted molar refractivity (Wildman–Crippen MR) is 189 cm³/mol. The van der Waals surface area contributed by atoms with E-state index in [9.17, 15) is 23.7 Å². The van der Waals surface area contributed by atoms with Crippen molar-refractivity contribution < 1.29 is 46.7 Å². The first-order valence-corrected chi connectivity index (χ1v) is 19.0. The van der Waals surface area contributed by atoms with Crippen LogP contribution in [-0.4, -0.2) is 74.1 Å². The van der Waals surface area contributed by atoms with E-state index in [0.717, 1.165) is 19.3 Å². The fraction of sp³-hybridized carbons (Fsp3) is 0.571. The third kappa shape index (κ3) is 11.5. The lowest BCUT2D eigenvalue weighted by molar-refractivity contribution is -0.149. The van der Waals surface area contributed by atoms with E-state index in [1.165, 1.54) is 49.4 Å². The van der Waals surface area contributed by atoms with Crippen LogP contribution in [0.5, 0.6) is 0 Å². The van der Waals surface area contributed by atoms with Gasteiger partial charge in [0, 0.05) is 6.42 Å². The molecule has 0 amide bonds. The molecule has 52 heavy (non-hydrogen) atoms. The molecule has 3 heterocycles. The van der Waals surface area contributed by atoms with Crippen molar-refractivity contribution in [2.75, 3.05) is 25.6 Å². The highest BCUT2D eigenvalue weighted by Crippen LogP contribution is 2.52. The third-order valence-electron chi connectivity index (χ3n) is 8.63. The number of halogens is 1. The molecule has 5 atom stereocenters. The molecule has 2 aromatic heterocycles. The van der Waals surface area contributed by atoms with Crippen molar-refractivity contribution in [1.29, 1.82) is 0 Å². The number of anilines is 1. The van der Waals surface area contributed by atoms with Crippen LogP contribution in [-0.2, 0) is 43.6 Å². The standard InChI is InChI=1S/C35H48FN6O9P/c1-3-5-6-7-8-9-10-11-12-16-19-47-29(44)22-48-52(46,51-33(45)26(37)20-25-17-14-13-15-18-25)49-23-35(4-2)27(43)21-28(50-35)42-24-39-30-31(38)40-34(36)41-32(30)42/h2,13-15,17-18,24,26-28,43H,3,5-12,16,19-23,37H2,1H3,(H2,38,40,41)/t26?,27-,28+,35+,52-/m0/s1. The molecular weight excluding hydrogens is 698 g/mol. The second-order valence-corrected chi connectivity index (χ2v) is 14.3. The number of terminal acetylenes is 1. The Morgan fingerprint density at radius 1 is 1.12 bits per heavy atom. The number of unbranched alkanes of at least 4 members (excludes halogenated alkanes) is 9. The van der Waals surface area contributed by atoms with Gasteiger partial charge in [0.05, 0.1) is 12.9 Å². The first-order valence-electron chi connectivity index (χ1n) is 17.6. The number of aliphatic hydroxyl groups is 1. The number of fused-ring (bicyclic) bond motifs is 1. The summed E-state index contributed by atoms with van der Waals surface area (Å²) in [6.07, 6.45) is 14.3. The Kier molecular flexibility index (Phi) is 15.5. The van der Waals surface area contributed by atoms with Gasteiger partial charge in [-0.2, -0.15) is 14.4 Å². The summed E-state index contributed by atoms with van der Waals surface area (Å²) in [7, 11) is -4.95. The molecule has 15 nitrogen and oxygen atoms in total. The molecule has 0 bridgehead atoms. The lowest BCUT2D eigenvalue weighted by Crippen LogP contribution is -2.42. The number of phosphoric ester groups is 1. The molecule has 5 N–H and O–H groups in total. The monoisotopic (exact) mass is 746 g/mol. The Morgan fingerprint density at radius 2 is 1.79 bits per heavy atom. The van der Waals surface area contributed by atoms with E-state index < -0.39 is 63.0 Å². The zero-order valence-corrected chi connectivity index (χ0v) is 30.3. The first kappa shape index (κ1) is 40.8. The number of nitrogens with zero attached hydrogens (tertiary/aromatic N) is 4. The quantitative estimate of drug-likeness (QED) is 0.0410. The van der Waals surface area contributed by atoms with Crippen molar-refractivity contribution in [3.8, 4) is 12.3 Å². The number of aromatic nitrogens is 4. The number of nitrogen functional groups attached to an aromatic ring is 1. The molecule has 284 valence electrons. The maximum atomic E-state index is 14.0. The molecule has 0 aliphatic carbocycles. The SMILES string of the molecule is C#C[C@]1(CO[P@](=O)(OCC(=O)OCCCCCCCCCCCC)OC(=O)C(N)Cc2ccccc2)O[C@@H](n2cnc3c(N)nc(F)nc32)C[C@@H]1O. The lowest BCUT2D eigenvalue weighted by atomic mass is 9.99. The van der Waals surface area contributed by atoms with E-state index in [0.29, 0.717) is 12.0 Å². The summed E-state index contributed by atoms with van der Waals surface area (Å²) < 4.78 is 56.2. The Balaban J connectivity index is 1.36. The largest absolute Gasteiger partial charge is 0.533 e. The number of hydrogen-bond acceptors (Lipinski definition) is 14. The van der Waals surface area contributed by atoms with Crippen molar-refractivity contribution in [3.05, 3.63) is 48.3 Å². The van der Waals surface area contributed by atoms with Crippen molar-refractivity contribution in [2.24, 2.45) is 5.73 Å². The molecule has 17 heteroatoms. The Labute approximate surface area is 302 Å². The molecule has 0 saturated carbocycles. The minimum Gasteiger partial charge on any atom is -0.464 e. The van der Waals surface area contributed by atoms with E-state index in [-0.39, 0.29) is 36.4 Å². The van der Waals surface area contributed by atoms with Crippen LogP contribution in [0.25, 0.3) is 11.2 Å². The molecule has 4 rings (SSSR count). The first-order chi connectivity index (χ1) is 25.0.